The molecule has 1 aromatic carbocycles. The van der Waals surface area contributed by atoms with E-state index in [0.717, 1.165) is 5.56 Å². The molecule has 0 spiro atoms. The lowest BCUT2D eigenvalue weighted by atomic mass is 10.1. The Bertz CT molecular complexity index is 512. The molecule has 0 bridgehead atoms. The number of rotatable bonds is 6. The van der Waals surface area contributed by atoms with E-state index in [-0.39, 0.29) is 6.54 Å². The Morgan fingerprint density at radius 3 is 2.75 bits per heavy atom. The van der Waals surface area contributed by atoms with E-state index in [1.165, 1.54) is 0 Å². The molecule has 2 rings (SSSR count). The number of aliphatic carboxylic acids is 1. The van der Waals surface area contributed by atoms with Crippen LogP contribution in [0.25, 0.3) is 0 Å². The van der Waals surface area contributed by atoms with Crippen LogP contribution in [-0.4, -0.2) is 30.8 Å². The van der Waals surface area contributed by atoms with Gasteiger partial charge in [-0.05, 0) is 30.5 Å². The highest BCUT2D eigenvalue weighted by atomic mass is 16.5. The van der Waals surface area contributed by atoms with E-state index >= 15 is 0 Å². The zero-order chi connectivity index (χ0) is 14.6. The van der Waals surface area contributed by atoms with E-state index in [1.807, 2.05) is 18.2 Å². The van der Waals surface area contributed by atoms with Gasteiger partial charge < -0.3 is 20.5 Å². The SMILES string of the molecule is COCc1cccc(NC(=O)NCC2(C(=O)O)CC2)c1. The van der Waals surface area contributed by atoms with Gasteiger partial charge in [-0.3, -0.25) is 4.79 Å². The smallest absolute Gasteiger partial charge is 0.319 e. The lowest BCUT2D eigenvalue weighted by molar-refractivity contribution is -0.143. The Labute approximate surface area is 117 Å². The number of carbonyl (C=O) groups excluding carboxylic acids is 1. The van der Waals surface area contributed by atoms with Gasteiger partial charge in [0.2, 0.25) is 0 Å². The molecule has 2 amide bonds. The molecule has 0 aromatic heterocycles. The Morgan fingerprint density at radius 1 is 1.40 bits per heavy atom. The molecule has 0 radical (unpaired) electrons. The van der Waals surface area contributed by atoms with Gasteiger partial charge >= 0.3 is 12.0 Å². The van der Waals surface area contributed by atoms with Gasteiger partial charge in [-0.2, -0.15) is 0 Å². The second-order valence-electron chi connectivity index (χ2n) is 5.03. The van der Waals surface area contributed by atoms with Crippen LogP contribution in [0.15, 0.2) is 24.3 Å². The average molecular weight is 278 g/mol. The fourth-order valence-corrected chi connectivity index (χ4v) is 1.95. The molecule has 1 fully saturated rings. The molecule has 0 saturated heterocycles. The number of amides is 2. The first-order valence-corrected chi connectivity index (χ1v) is 6.42. The third-order valence-electron chi connectivity index (χ3n) is 3.39. The molecule has 20 heavy (non-hydrogen) atoms. The first-order chi connectivity index (χ1) is 9.55. The Morgan fingerprint density at radius 2 is 2.15 bits per heavy atom. The van der Waals surface area contributed by atoms with Gasteiger partial charge in [-0.25, -0.2) is 4.79 Å². The number of ether oxygens (including phenoxy) is 1. The topological polar surface area (TPSA) is 87.7 Å². The summed E-state index contributed by atoms with van der Waals surface area (Å²) in [5.74, 6) is -0.847. The van der Waals surface area contributed by atoms with Crippen molar-refractivity contribution in [2.24, 2.45) is 5.41 Å². The van der Waals surface area contributed by atoms with Gasteiger partial charge in [0.05, 0.1) is 12.0 Å². The maximum Gasteiger partial charge on any atom is 0.319 e. The van der Waals surface area contributed by atoms with Crippen molar-refractivity contribution in [2.75, 3.05) is 19.0 Å². The highest BCUT2D eigenvalue weighted by molar-refractivity contribution is 5.90. The van der Waals surface area contributed by atoms with E-state index in [9.17, 15) is 9.59 Å². The average Bonchev–Trinajstić information content (AvgIpc) is 3.18. The summed E-state index contributed by atoms with van der Waals surface area (Å²) in [6, 6.07) is 6.91. The molecule has 0 heterocycles. The molecule has 6 nitrogen and oxygen atoms in total. The van der Waals surface area contributed by atoms with Crippen molar-refractivity contribution >= 4 is 17.7 Å². The van der Waals surface area contributed by atoms with E-state index in [4.69, 9.17) is 9.84 Å². The number of hydrogen-bond donors (Lipinski definition) is 3. The van der Waals surface area contributed by atoms with Crippen LogP contribution in [0.3, 0.4) is 0 Å². The highest BCUT2D eigenvalue weighted by Crippen LogP contribution is 2.45. The second kappa shape index (κ2) is 5.92. The quantitative estimate of drug-likeness (QED) is 0.740. The van der Waals surface area contributed by atoms with Gasteiger partial charge in [-0.1, -0.05) is 12.1 Å². The number of carboxylic acid groups (broad SMARTS) is 1. The molecule has 0 unspecified atom stereocenters. The molecule has 1 aliphatic carbocycles. The molecule has 1 aliphatic rings. The Kier molecular flexibility index (Phi) is 4.24. The summed E-state index contributed by atoms with van der Waals surface area (Å²) in [7, 11) is 1.60. The van der Waals surface area contributed by atoms with Crippen molar-refractivity contribution in [3.8, 4) is 0 Å². The van der Waals surface area contributed by atoms with Gasteiger partial charge in [0, 0.05) is 19.3 Å². The number of methoxy groups -OCH3 is 1. The summed E-state index contributed by atoms with van der Waals surface area (Å²) in [4.78, 5) is 22.7. The zero-order valence-corrected chi connectivity index (χ0v) is 11.3. The van der Waals surface area contributed by atoms with Crippen molar-refractivity contribution < 1.29 is 19.4 Å². The van der Waals surface area contributed by atoms with Crippen LogP contribution in [0.4, 0.5) is 10.5 Å². The lowest BCUT2D eigenvalue weighted by Gasteiger charge is -2.12. The van der Waals surface area contributed by atoms with Crippen molar-refractivity contribution in [1.82, 2.24) is 5.32 Å². The summed E-state index contributed by atoms with van der Waals surface area (Å²) in [6.07, 6.45) is 1.23. The summed E-state index contributed by atoms with van der Waals surface area (Å²) in [5.41, 5.74) is 0.849. The number of carbonyl (C=O) groups is 2. The molecule has 1 saturated carbocycles. The van der Waals surface area contributed by atoms with E-state index in [0.29, 0.717) is 25.1 Å². The van der Waals surface area contributed by atoms with Crippen LogP contribution >= 0.6 is 0 Å². The molecular formula is C14H18N2O4. The van der Waals surface area contributed by atoms with Crippen LogP contribution < -0.4 is 10.6 Å². The molecule has 0 aliphatic heterocycles. The Balaban J connectivity index is 1.85. The predicted octanol–water partition coefficient (Wildman–Crippen LogP) is 1.82. The predicted molar refractivity (Wildman–Crippen MR) is 73.5 cm³/mol. The van der Waals surface area contributed by atoms with Crippen LogP contribution in [0.2, 0.25) is 0 Å². The second-order valence-corrected chi connectivity index (χ2v) is 5.03. The van der Waals surface area contributed by atoms with Crippen molar-refractivity contribution in [3.05, 3.63) is 29.8 Å². The maximum atomic E-state index is 11.7. The fourth-order valence-electron chi connectivity index (χ4n) is 1.95. The normalized spacial score (nSPS) is 15.4. The Hall–Kier alpha value is -2.08. The number of benzene rings is 1. The summed E-state index contributed by atoms with van der Waals surface area (Å²) >= 11 is 0. The number of nitrogens with one attached hydrogen (secondary N) is 2. The third-order valence-corrected chi connectivity index (χ3v) is 3.39. The van der Waals surface area contributed by atoms with E-state index in [1.54, 1.807) is 13.2 Å². The van der Waals surface area contributed by atoms with Gasteiger partial charge in [-0.15, -0.1) is 0 Å². The van der Waals surface area contributed by atoms with E-state index in [2.05, 4.69) is 10.6 Å². The minimum Gasteiger partial charge on any atom is -0.481 e. The molecule has 3 N–H and O–H groups in total. The van der Waals surface area contributed by atoms with E-state index < -0.39 is 17.4 Å². The summed E-state index contributed by atoms with van der Waals surface area (Å²) in [6.45, 7) is 0.630. The third kappa shape index (κ3) is 3.48. The van der Waals surface area contributed by atoms with Crippen LogP contribution in [0.1, 0.15) is 18.4 Å². The highest BCUT2D eigenvalue weighted by Gasteiger charge is 2.50. The largest absolute Gasteiger partial charge is 0.481 e. The summed E-state index contributed by atoms with van der Waals surface area (Å²) in [5, 5.41) is 14.3. The lowest BCUT2D eigenvalue weighted by Crippen LogP contribution is -2.36. The van der Waals surface area contributed by atoms with Gasteiger partial charge in [0.15, 0.2) is 0 Å². The van der Waals surface area contributed by atoms with Crippen LogP contribution in [0, 0.1) is 5.41 Å². The first-order valence-electron chi connectivity index (χ1n) is 6.42. The summed E-state index contributed by atoms with van der Waals surface area (Å²) < 4.78 is 5.02. The molecule has 6 heteroatoms. The number of carboxylic acids is 1. The van der Waals surface area contributed by atoms with Gasteiger partial charge in [0.25, 0.3) is 0 Å². The minimum absolute atomic E-state index is 0.159. The molecular weight excluding hydrogens is 260 g/mol. The van der Waals surface area contributed by atoms with Crippen molar-refractivity contribution in [2.45, 2.75) is 19.4 Å². The number of anilines is 1. The molecule has 0 atom stereocenters. The van der Waals surface area contributed by atoms with Crippen LogP contribution in [0.5, 0.6) is 0 Å². The van der Waals surface area contributed by atoms with Crippen LogP contribution in [-0.2, 0) is 16.1 Å². The van der Waals surface area contributed by atoms with Crippen molar-refractivity contribution in [3.63, 3.8) is 0 Å². The maximum absolute atomic E-state index is 11.7. The van der Waals surface area contributed by atoms with Gasteiger partial charge in [0.1, 0.15) is 0 Å². The first kappa shape index (κ1) is 14.3. The standard InChI is InChI=1S/C14H18N2O4/c1-20-8-10-3-2-4-11(7-10)16-13(19)15-9-14(5-6-14)12(17)18/h2-4,7H,5-6,8-9H2,1H3,(H,17,18)(H2,15,16,19). The molecule has 1 aromatic rings. The van der Waals surface area contributed by atoms with Crippen molar-refractivity contribution in [1.29, 1.82) is 0 Å². The zero-order valence-electron chi connectivity index (χ0n) is 11.3. The molecule has 108 valence electrons. The number of hydrogen-bond acceptors (Lipinski definition) is 3. The monoisotopic (exact) mass is 278 g/mol. The number of urea groups is 1. The fraction of sp³-hybridized carbons (Fsp3) is 0.429. The minimum atomic E-state index is -0.847.